The molecule has 0 aliphatic heterocycles. The monoisotopic (exact) mass is 431 g/mol. The van der Waals surface area contributed by atoms with Crippen LogP contribution in [0.25, 0.3) is 0 Å². The van der Waals surface area contributed by atoms with Gasteiger partial charge in [-0.3, -0.25) is 14.9 Å². The molecule has 0 fully saturated rings. The molecule has 0 aromatic heterocycles. The van der Waals surface area contributed by atoms with Crippen molar-refractivity contribution in [1.29, 1.82) is 0 Å². The summed E-state index contributed by atoms with van der Waals surface area (Å²) in [4.78, 5) is 36.0. The maximum Gasteiger partial charge on any atom is 0.320 e. The zero-order valence-electron chi connectivity index (χ0n) is 18.0. The number of hydrogen-bond acceptors (Lipinski definition) is 4. The van der Waals surface area contributed by atoms with Crippen LogP contribution in [0.5, 0.6) is 0 Å². The fourth-order valence-corrected chi connectivity index (χ4v) is 4.35. The molecular formula is C27H29NO4. The predicted octanol–water partition coefficient (Wildman–Crippen LogP) is 4.43. The summed E-state index contributed by atoms with van der Waals surface area (Å²) in [6.07, 6.45) is 10.9. The van der Waals surface area contributed by atoms with Gasteiger partial charge in [-0.15, -0.1) is 0 Å². The number of carbonyl (C=O) groups excluding carboxylic acids is 2. The second-order valence-corrected chi connectivity index (χ2v) is 8.00. The standard InChI is InChI=1S/C27H29NO4/c29-20-12-2-1-9-18-24(26(31)32)28-27(21-13-5-3-6-14-21,22-15-7-4-8-16-22)23-17-10-11-19-25(23)30/h3-8,10-11,13-17,19-20,23-24,28H,1-2,9,12,18H2,(H,31,32). The Balaban J connectivity index is 2.07. The SMILES string of the molecule is O=CCCCCCC(NC(c1ccccc1)(c1ccccc1)C1C=CC=CC1=O)C(=O)O. The lowest BCUT2D eigenvalue weighted by atomic mass is 9.69. The number of nitrogens with one attached hydrogen (secondary N) is 1. The van der Waals surface area contributed by atoms with Crippen molar-refractivity contribution < 1.29 is 19.5 Å². The van der Waals surface area contributed by atoms with E-state index in [0.29, 0.717) is 19.3 Å². The van der Waals surface area contributed by atoms with Gasteiger partial charge in [-0.25, -0.2) is 0 Å². The molecule has 0 saturated carbocycles. The average Bonchev–Trinajstić information content (AvgIpc) is 2.82. The number of aliphatic carboxylic acids is 1. The Kier molecular flexibility index (Phi) is 8.28. The molecule has 5 heteroatoms. The third-order valence-electron chi connectivity index (χ3n) is 5.92. The first-order valence-electron chi connectivity index (χ1n) is 11.0. The number of hydrogen-bond donors (Lipinski definition) is 2. The van der Waals surface area contributed by atoms with Gasteiger partial charge in [-0.05, 0) is 30.0 Å². The van der Waals surface area contributed by atoms with E-state index in [9.17, 15) is 19.5 Å². The minimum atomic E-state index is -1.05. The van der Waals surface area contributed by atoms with Crippen LogP contribution in [0.3, 0.4) is 0 Å². The molecule has 0 bridgehead atoms. The van der Waals surface area contributed by atoms with E-state index in [1.165, 1.54) is 0 Å². The minimum absolute atomic E-state index is 0.0807. The van der Waals surface area contributed by atoms with Crippen LogP contribution in [0.15, 0.2) is 85.0 Å². The van der Waals surface area contributed by atoms with Crippen molar-refractivity contribution in [2.75, 3.05) is 0 Å². The third-order valence-corrected chi connectivity index (χ3v) is 5.92. The number of rotatable bonds is 12. The number of carbonyl (C=O) groups is 3. The second-order valence-electron chi connectivity index (χ2n) is 8.00. The van der Waals surface area contributed by atoms with Gasteiger partial charge < -0.3 is 9.90 Å². The molecule has 3 rings (SSSR count). The number of aldehydes is 1. The minimum Gasteiger partial charge on any atom is -0.480 e. The summed E-state index contributed by atoms with van der Waals surface area (Å²) in [5.74, 6) is -1.64. The molecule has 2 aromatic rings. The molecule has 1 aliphatic rings. The molecular weight excluding hydrogens is 402 g/mol. The molecule has 5 nitrogen and oxygen atoms in total. The fraction of sp³-hybridized carbons (Fsp3) is 0.296. The number of carboxylic acids is 1. The summed E-state index contributed by atoms with van der Waals surface area (Å²) in [5.41, 5.74) is 0.612. The Morgan fingerprint density at radius 1 is 0.969 bits per heavy atom. The van der Waals surface area contributed by atoms with Gasteiger partial charge in [0.15, 0.2) is 5.78 Å². The highest BCUT2D eigenvalue weighted by Crippen LogP contribution is 2.40. The van der Waals surface area contributed by atoms with E-state index in [1.54, 1.807) is 12.2 Å². The Hall–Kier alpha value is -3.31. The summed E-state index contributed by atoms with van der Waals surface area (Å²) >= 11 is 0. The molecule has 32 heavy (non-hydrogen) atoms. The van der Waals surface area contributed by atoms with Crippen molar-refractivity contribution in [3.63, 3.8) is 0 Å². The highest BCUT2D eigenvalue weighted by molar-refractivity contribution is 5.96. The van der Waals surface area contributed by atoms with Gasteiger partial charge >= 0.3 is 5.97 Å². The number of benzene rings is 2. The Labute approximate surface area is 188 Å². The van der Waals surface area contributed by atoms with Gasteiger partial charge in [0.25, 0.3) is 0 Å². The quantitative estimate of drug-likeness (QED) is 0.384. The Morgan fingerprint density at radius 2 is 1.59 bits per heavy atom. The van der Waals surface area contributed by atoms with Crippen LogP contribution in [0.1, 0.15) is 43.2 Å². The van der Waals surface area contributed by atoms with Crippen molar-refractivity contribution in [3.05, 3.63) is 96.1 Å². The maximum atomic E-state index is 13.1. The van der Waals surface area contributed by atoms with E-state index in [1.807, 2.05) is 72.8 Å². The largest absolute Gasteiger partial charge is 0.480 e. The van der Waals surface area contributed by atoms with Crippen LogP contribution >= 0.6 is 0 Å². The first-order valence-corrected chi connectivity index (χ1v) is 11.0. The lowest BCUT2D eigenvalue weighted by molar-refractivity contribution is -0.140. The van der Waals surface area contributed by atoms with Gasteiger partial charge in [0, 0.05) is 6.42 Å². The molecule has 166 valence electrons. The molecule has 2 atom stereocenters. The van der Waals surface area contributed by atoms with Crippen molar-refractivity contribution >= 4 is 18.0 Å². The summed E-state index contributed by atoms with van der Waals surface area (Å²) in [6, 6.07) is 18.3. The second kappa shape index (κ2) is 11.3. The van der Waals surface area contributed by atoms with Gasteiger partial charge in [0.05, 0.1) is 11.5 Å². The van der Waals surface area contributed by atoms with Gasteiger partial charge in [0.2, 0.25) is 0 Å². The van der Waals surface area contributed by atoms with Crippen LogP contribution in [-0.2, 0) is 19.9 Å². The number of ketones is 1. The zero-order chi connectivity index (χ0) is 22.8. The topological polar surface area (TPSA) is 83.5 Å². The van der Waals surface area contributed by atoms with Gasteiger partial charge in [-0.2, -0.15) is 0 Å². The number of carboxylic acid groups (broad SMARTS) is 1. The van der Waals surface area contributed by atoms with E-state index in [-0.39, 0.29) is 5.78 Å². The molecule has 0 radical (unpaired) electrons. The van der Waals surface area contributed by atoms with E-state index >= 15 is 0 Å². The summed E-state index contributed by atoms with van der Waals surface area (Å²) in [5, 5.41) is 13.5. The highest BCUT2D eigenvalue weighted by Gasteiger charge is 2.46. The molecule has 0 spiro atoms. The molecule has 1 aliphatic carbocycles. The van der Waals surface area contributed by atoms with Crippen molar-refractivity contribution in [1.82, 2.24) is 5.32 Å². The van der Waals surface area contributed by atoms with Crippen LogP contribution in [0.4, 0.5) is 0 Å². The van der Waals surface area contributed by atoms with Crippen molar-refractivity contribution in [2.45, 2.75) is 43.7 Å². The van der Waals surface area contributed by atoms with E-state index < -0.39 is 23.5 Å². The summed E-state index contributed by atoms with van der Waals surface area (Å²) < 4.78 is 0. The lowest BCUT2D eigenvalue weighted by Gasteiger charge is -2.43. The number of allylic oxidation sites excluding steroid dienone is 3. The van der Waals surface area contributed by atoms with Crippen LogP contribution < -0.4 is 5.32 Å². The van der Waals surface area contributed by atoms with Crippen molar-refractivity contribution in [2.24, 2.45) is 5.92 Å². The van der Waals surface area contributed by atoms with Crippen LogP contribution in [0, 0.1) is 5.92 Å². The number of unbranched alkanes of at least 4 members (excludes halogenated alkanes) is 3. The molecule has 0 saturated heterocycles. The molecule has 2 unspecified atom stereocenters. The first kappa shape index (κ1) is 23.4. The third kappa shape index (κ3) is 5.29. The maximum absolute atomic E-state index is 13.1. The molecule has 0 amide bonds. The van der Waals surface area contributed by atoms with Crippen LogP contribution in [0.2, 0.25) is 0 Å². The van der Waals surface area contributed by atoms with Gasteiger partial charge in [0.1, 0.15) is 12.3 Å². The van der Waals surface area contributed by atoms with Gasteiger partial charge in [-0.1, -0.05) is 91.7 Å². The highest BCUT2D eigenvalue weighted by atomic mass is 16.4. The predicted molar refractivity (Wildman–Crippen MR) is 124 cm³/mol. The normalized spacial score (nSPS) is 16.6. The van der Waals surface area contributed by atoms with E-state index in [4.69, 9.17) is 0 Å². The smallest absolute Gasteiger partial charge is 0.320 e. The molecule has 2 aromatic carbocycles. The fourth-order valence-electron chi connectivity index (χ4n) is 4.35. The zero-order valence-corrected chi connectivity index (χ0v) is 18.0. The first-order chi connectivity index (χ1) is 15.6. The van der Waals surface area contributed by atoms with Crippen molar-refractivity contribution in [3.8, 4) is 0 Å². The summed E-state index contributed by atoms with van der Waals surface area (Å²) in [7, 11) is 0. The van der Waals surface area contributed by atoms with E-state index in [2.05, 4.69) is 5.32 Å². The Bertz CT molecular complexity index is 926. The molecule has 2 N–H and O–H groups in total. The van der Waals surface area contributed by atoms with E-state index in [0.717, 1.165) is 30.3 Å². The molecule has 0 heterocycles. The Morgan fingerprint density at radius 3 is 2.12 bits per heavy atom. The van der Waals surface area contributed by atoms with Crippen LogP contribution in [-0.4, -0.2) is 29.2 Å². The summed E-state index contributed by atoms with van der Waals surface area (Å²) in [6.45, 7) is 0. The average molecular weight is 432 g/mol. The lowest BCUT2D eigenvalue weighted by Crippen LogP contribution is -2.57.